The molecule has 5 rings (SSSR count). The fourth-order valence-corrected chi connectivity index (χ4v) is 4.87. The van der Waals surface area contributed by atoms with Crippen molar-refractivity contribution in [1.82, 2.24) is 19.6 Å². The van der Waals surface area contributed by atoms with Crippen LogP contribution in [0.25, 0.3) is 28.1 Å². The summed E-state index contributed by atoms with van der Waals surface area (Å²) < 4.78 is 40.2. The maximum Gasteiger partial charge on any atom is 0.265 e. The minimum Gasteiger partial charge on any atom is -0.497 e. The Morgan fingerprint density at radius 2 is 1.44 bits per heavy atom. The number of hydrogen-bond acceptors (Lipinski definition) is 7. The molecule has 0 fully saturated rings. The van der Waals surface area contributed by atoms with E-state index >= 15 is 0 Å². The van der Waals surface area contributed by atoms with Gasteiger partial charge in [-0.15, -0.1) is 10.2 Å². The SMILES string of the molecule is COc1ccc(-c2nnc3c(N(C)S(=O)(=O)c4ccc(OC)cc4)nc4ccccc4n23)cc1. The van der Waals surface area contributed by atoms with Crippen molar-refractivity contribution in [2.24, 2.45) is 0 Å². The maximum absolute atomic E-state index is 13.4. The van der Waals surface area contributed by atoms with Gasteiger partial charge in [-0.2, -0.15) is 0 Å². The fourth-order valence-electron chi connectivity index (χ4n) is 3.73. The van der Waals surface area contributed by atoms with E-state index in [1.165, 1.54) is 26.3 Å². The molecular formula is C24H21N5O4S. The van der Waals surface area contributed by atoms with Gasteiger partial charge in [0.2, 0.25) is 5.65 Å². The minimum atomic E-state index is -3.92. The van der Waals surface area contributed by atoms with Gasteiger partial charge >= 0.3 is 0 Å². The Labute approximate surface area is 196 Å². The number of nitrogens with zero attached hydrogens (tertiary/aromatic N) is 5. The molecule has 0 bridgehead atoms. The summed E-state index contributed by atoms with van der Waals surface area (Å²) in [5.41, 5.74) is 2.49. The summed E-state index contributed by atoms with van der Waals surface area (Å²) in [4.78, 5) is 4.75. The van der Waals surface area contributed by atoms with Crippen molar-refractivity contribution >= 4 is 32.5 Å². The van der Waals surface area contributed by atoms with Crippen molar-refractivity contribution < 1.29 is 17.9 Å². The third-order valence-electron chi connectivity index (χ3n) is 5.58. The molecule has 2 heterocycles. The normalized spacial score (nSPS) is 11.6. The van der Waals surface area contributed by atoms with E-state index in [0.29, 0.717) is 22.7 Å². The van der Waals surface area contributed by atoms with Crippen LogP contribution < -0.4 is 13.8 Å². The van der Waals surface area contributed by atoms with Gasteiger partial charge in [-0.1, -0.05) is 12.1 Å². The molecule has 0 N–H and O–H groups in total. The predicted molar refractivity (Wildman–Crippen MR) is 129 cm³/mol. The Bertz CT molecular complexity index is 1600. The molecule has 0 aliphatic heterocycles. The summed E-state index contributed by atoms with van der Waals surface area (Å²) in [5.74, 6) is 2.01. The molecule has 0 aliphatic carbocycles. The first-order chi connectivity index (χ1) is 16.4. The van der Waals surface area contributed by atoms with Gasteiger partial charge in [0, 0.05) is 12.6 Å². The Morgan fingerprint density at radius 3 is 2.09 bits per heavy atom. The molecule has 0 amide bonds. The predicted octanol–water partition coefficient (Wildman–Crippen LogP) is 3.79. The average Bonchev–Trinajstić information content (AvgIpc) is 3.33. The summed E-state index contributed by atoms with van der Waals surface area (Å²) in [6, 6.07) is 21.1. The zero-order valence-electron chi connectivity index (χ0n) is 18.7. The zero-order valence-corrected chi connectivity index (χ0v) is 19.5. The number of aromatic nitrogens is 4. The second-order valence-corrected chi connectivity index (χ2v) is 9.45. The number of sulfonamides is 1. The van der Waals surface area contributed by atoms with Crippen LogP contribution in [0.15, 0.2) is 77.7 Å². The molecule has 0 spiro atoms. The van der Waals surface area contributed by atoms with E-state index in [0.717, 1.165) is 21.1 Å². The van der Waals surface area contributed by atoms with E-state index in [9.17, 15) is 8.42 Å². The van der Waals surface area contributed by atoms with E-state index in [1.807, 2.05) is 52.9 Å². The molecule has 0 aliphatic rings. The van der Waals surface area contributed by atoms with Gasteiger partial charge in [-0.05, 0) is 60.7 Å². The van der Waals surface area contributed by atoms with Gasteiger partial charge in [0.25, 0.3) is 10.0 Å². The van der Waals surface area contributed by atoms with Crippen LogP contribution in [-0.4, -0.2) is 49.3 Å². The summed E-state index contributed by atoms with van der Waals surface area (Å²) in [6.45, 7) is 0. The molecule has 0 unspecified atom stereocenters. The van der Waals surface area contributed by atoms with Crippen LogP contribution in [-0.2, 0) is 10.0 Å². The van der Waals surface area contributed by atoms with Crippen molar-refractivity contribution in [3.8, 4) is 22.9 Å². The third-order valence-corrected chi connectivity index (χ3v) is 7.34. The summed E-state index contributed by atoms with van der Waals surface area (Å²) in [6.07, 6.45) is 0. The largest absolute Gasteiger partial charge is 0.497 e. The molecule has 0 atom stereocenters. The van der Waals surface area contributed by atoms with Gasteiger partial charge in [-0.25, -0.2) is 17.7 Å². The van der Waals surface area contributed by atoms with Crippen molar-refractivity contribution in [1.29, 1.82) is 0 Å². The van der Waals surface area contributed by atoms with Crippen molar-refractivity contribution in [3.63, 3.8) is 0 Å². The first kappa shape index (κ1) is 21.7. The van der Waals surface area contributed by atoms with Crippen LogP contribution in [0.5, 0.6) is 11.5 Å². The molecule has 0 radical (unpaired) electrons. The highest BCUT2D eigenvalue weighted by Crippen LogP contribution is 2.31. The van der Waals surface area contributed by atoms with Crippen LogP contribution in [0, 0.1) is 0 Å². The number of anilines is 1. The van der Waals surface area contributed by atoms with Crippen LogP contribution >= 0.6 is 0 Å². The van der Waals surface area contributed by atoms with Gasteiger partial charge in [-0.3, -0.25) is 4.40 Å². The van der Waals surface area contributed by atoms with Gasteiger partial charge in [0.1, 0.15) is 11.5 Å². The van der Waals surface area contributed by atoms with E-state index in [-0.39, 0.29) is 10.7 Å². The lowest BCUT2D eigenvalue weighted by Gasteiger charge is -2.20. The quantitative estimate of drug-likeness (QED) is 0.368. The van der Waals surface area contributed by atoms with Crippen LogP contribution in [0.2, 0.25) is 0 Å². The number of para-hydroxylation sites is 2. The van der Waals surface area contributed by atoms with E-state index in [1.54, 1.807) is 19.2 Å². The summed E-state index contributed by atoms with van der Waals surface area (Å²) >= 11 is 0. The zero-order chi connectivity index (χ0) is 23.9. The Morgan fingerprint density at radius 1 is 0.824 bits per heavy atom. The molecule has 0 saturated carbocycles. The Hall–Kier alpha value is -4.18. The summed E-state index contributed by atoms with van der Waals surface area (Å²) in [5, 5.41) is 8.72. The van der Waals surface area contributed by atoms with Crippen LogP contribution in [0.3, 0.4) is 0 Å². The van der Waals surface area contributed by atoms with Crippen molar-refractivity contribution in [2.75, 3.05) is 25.6 Å². The second kappa shape index (κ2) is 8.31. The van der Waals surface area contributed by atoms with Crippen LogP contribution in [0.1, 0.15) is 0 Å². The Balaban J connectivity index is 1.71. The molecule has 0 saturated heterocycles. The highest BCUT2D eigenvalue weighted by atomic mass is 32.2. The monoisotopic (exact) mass is 475 g/mol. The standard InChI is InChI=1S/C24H21N5O4S/c1-28(34(30,31)19-14-12-18(33-3)13-15-19)23-24-27-26-22(16-8-10-17(32-2)11-9-16)29(24)21-7-5-4-6-20(21)25-23/h4-15H,1-3H3. The lowest BCUT2D eigenvalue weighted by atomic mass is 10.2. The fraction of sp³-hybridized carbons (Fsp3) is 0.125. The molecule has 5 aromatic rings. The lowest BCUT2D eigenvalue weighted by Crippen LogP contribution is -2.28. The third kappa shape index (κ3) is 3.48. The molecular weight excluding hydrogens is 454 g/mol. The number of fused-ring (bicyclic) bond motifs is 3. The van der Waals surface area contributed by atoms with E-state index in [2.05, 4.69) is 15.2 Å². The molecule has 9 nitrogen and oxygen atoms in total. The number of benzene rings is 3. The lowest BCUT2D eigenvalue weighted by molar-refractivity contribution is 0.414. The molecule has 10 heteroatoms. The van der Waals surface area contributed by atoms with Crippen molar-refractivity contribution in [2.45, 2.75) is 4.90 Å². The smallest absolute Gasteiger partial charge is 0.265 e. The summed E-state index contributed by atoms with van der Waals surface area (Å²) in [7, 11) is 0.661. The van der Waals surface area contributed by atoms with Gasteiger partial charge < -0.3 is 9.47 Å². The average molecular weight is 476 g/mol. The molecule has 3 aromatic carbocycles. The second-order valence-electron chi connectivity index (χ2n) is 7.48. The molecule has 172 valence electrons. The first-order valence-corrected chi connectivity index (χ1v) is 11.8. The van der Waals surface area contributed by atoms with Gasteiger partial charge in [0.05, 0.1) is 30.1 Å². The van der Waals surface area contributed by atoms with E-state index in [4.69, 9.17) is 9.47 Å². The maximum atomic E-state index is 13.4. The van der Waals surface area contributed by atoms with Crippen LogP contribution in [0.4, 0.5) is 5.82 Å². The van der Waals surface area contributed by atoms with Crippen molar-refractivity contribution in [3.05, 3.63) is 72.8 Å². The Kier molecular flexibility index (Phi) is 5.29. The topological polar surface area (TPSA) is 98.9 Å². The van der Waals surface area contributed by atoms with Gasteiger partial charge in [0.15, 0.2) is 11.6 Å². The number of rotatable bonds is 6. The number of ether oxygens (including phenoxy) is 2. The highest BCUT2D eigenvalue weighted by molar-refractivity contribution is 7.92. The van der Waals surface area contributed by atoms with E-state index < -0.39 is 10.0 Å². The number of hydrogen-bond donors (Lipinski definition) is 0. The minimum absolute atomic E-state index is 0.110. The first-order valence-electron chi connectivity index (χ1n) is 10.4. The molecule has 2 aromatic heterocycles. The number of methoxy groups -OCH3 is 2. The molecule has 34 heavy (non-hydrogen) atoms. The highest BCUT2D eigenvalue weighted by Gasteiger charge is 2.27.